The van der Waals surface area contributed by atoms with Crippen molar-refractivity contribution in [1.82, 2.24) is 19.5 Å². The molecule has 1 fully saturated rings. The van der Waals surface area contributed by atoms with Gasteiger partial charge in [0.15, 0.2) is 23.9 Å². The summed E-state index contributed by atoms with van der Waals surface area (Å²) in [6, 6.07) is 0. The van der Waals surface area contributed by atoms with Crippen LogP contribution in [0.25, 0.3) is 11.2 Å². The number of carbonyl (C=O) groups excluding carboxylic acids is 1. The number of halogens is 2. The molecule has 0 radical (unpaired) electrons. The van der Waals surface area contributed by atoms with Gasteiger partial charge in [0.25, 0.3) is 5.85 Å². The Balaban J connectivity index is 1.79. The molecule has 2 aromatic rings. The van der Waals surface area contributed by atoms with Crippen LogP contribution in [0.2, 0.25) is 5.28 Å². The Morgan fingerprint density at radius 1 is 1.50 bits per heavy atom. The van der Waals surface area contributed by atoms with Gasteiger partial charge in [-0.15, -0.1) is 0 Å². The lowest BCUT2D eigenvalue weighted by atomic mass is 10.1. The minimum Gasteiger partial charge on any atom is -0.464 e. The number of anilines is 1. The quantitative estimate of drug-likeness (QED) is 0.236. The van der Waals surface area contributed by atoms with E-state index in [0.29, 0.717) is 0 Å². The van der Waals surface area contributed by atoms with Crippen molar-refractivity contribution < 1.29 is 42.9 Å². The fraction of sp³-hybridized carbons (Fsp3) is 0.571. The van der Waals surface area contributed by atoms with Crippen LogP contribution in [-0.4, -0.2) is 77.8 Å². The summed E-state index contributed by atoms with van der Waals surface area (Å²) in [5, 5.41) is 9.94. The van der Waals surface area contributed by atoms with Crippen LogP contribution in [0.3, 0.4) is 0 Å². The van der Waals surface area contributed by atoms with E-state index in [1.807, 2.05) is 0 Å². The van der Waals surface area contributed by atoms with Crippen LogP contribution in [0.1, 0.15) is 13.2 Å². The third-order valence-electron chi connectivity index (χ3n) is 4.20. The van der Waals surface area contributed by atoms with Gasteiger partial charge in [0.05, 0.1) is 19.5 Å². The molecule has 0 unspecified atom stereocenters. The molecular weight excluding hydrogens is 452 g/mol. The first-order valence-electron chi connectivity index (χ1n) is 8.51. The van der Waals surface area contributed by atoms with Crippen molar-refractivity contribution in [3.63, 3.8) is 0 Å². The maximum Gasteiger partial charge on any atom is 0.365 e. The molecule has 0 amide bonds. The molecule has 0 spiro atoms. The molecule has 0 aromatic carbocycles. The van der Waals surface area contributed by atoms with Crippen molar-refractivity contribution in [1.29, 1.82) is 0 Å². The zero-order valence-electron chi connectivity index (χ0n) is 15.3. The third-order valence-corrected chi connectivity index (χ3v) is 5.34. The second-order valence-corrected chi connectivity index (χ2v) is 8.21. The molecule has 1 aliphatic rings. The number of ether oxygens (including phenoxy) is 3. The number of aliphatic hydroxyl groups excluding tert-OH is 1. The second-order valence-electron chi connectivity index (χ2n) is 6.23. The summed E-state index contributed by atoms with van der Waals surface area (Å²) in [6.07, 6.45) is -5.39. The number of hydrogen-bond donors (Lipinski definition) is 4. The second kappa shape index (κ2) is 8.67. The first kappa shape index (κ1) is 22.7. The van der Waals surface area contributed by atoms with E-state index in [1.165, 1.54) is 6.92 Å². The van der Waals surface area contributed by atoms with E-state index >= 15 is 0 Å². The van der Waals surface area contributed by atoms with Crippen LogP contribution in [-0.2, 0) is 23.6 Å². The predicted molar refractivity (Wildman–Crippen MR) is 98.0 cm³/mol. The van der Waals surface area contributed by atoms with E-state index in [4.69, 9.17) is 26.8 Å². The van der Waals surface area contributed by atoms with Gasteiger partial charge in [0.1, 0.15) is 17.7 Å². The molecule has 3 heterocycles. The topological polar surface area (TPSA) is 192 Å². The SMILES string of the molecule is CCOC(=O)[C@H](OC[C@H]1O[C@@H](n2cnc3c(N)nc(Cl)nc32)[C@@H](F)[C@@H]1O)P(=O)(O)O. The number of nitrogens with two attached hydrogens (primary N) is 1. The first-order chi connectivity index (χ1) is 14.0. The van der Waals surface area contributed by atoms with E-state index in [0.717, 1.165) is 10.9 Å². The molecular formula is C14H18ClFN5O8P. The molecule has 0 bridgehead atoms. The van der Waals surface area contributed by atoms with Gasteiger partial charge in [-0.05, 0) is 18.5 Å². The summed E-state index contributed by atoms with van der Waals surface area (Å²) in [5.74, 6) is -3.59. The number of hydrogen-bond acceptors (Lipinski definition) is 10. The monoisotopic (exact) mass is 469 g/mol. The maximum atomic E-state index is 14.7. The zero-order valence-corrected chi connectivity index (χ0v) is 17.0. The van der Waals surface area contributed by atoms with Crippen LogP contribution in [0.4, 0.5) is 10.2 Å². The highest BCUT2D eigenvalue weighted by molar-refractivity contribution is 7.53. The summed E-state index contributed by atoms with van der Waals surface area (Å²) in [5.41, 5.74) is 5.88. The Labute approximate surface area is 173 Å². The largest absolute Gasteiger partial charge is 0.464 e. The third kappa shape index (κ3) is 4.39. The Morgan fingerprint density at radius 3 is 2.83 bits per heavy atom. The van der Waals surface area contributed by atoms with Gasteiger partial charge in [-0.25, -0.2) is 14.2 Å². The van der Waals surface area contributed by atoms with Gasteiger partial charge < -0.3 is 34.8 Å². The van der Waals surface area contributed by atoms with E-state index in [9.17, 15) is 28.6 Å². The first-order valence-corrected chi connectivity index (χ1v) is 10.6. The highest BCUT2D eigenvalue weighted by atomic mass is 35.5. The minimum absolute atomic E-state index is 0.0449. The van der Waals surface area contributed by atoms with Crippen molar-refractivity contribution >= 4 is 42.1 Å². The van der Waals surface area contributed by atoms with E-state index in [1.54, 1.807) is 0 Å². The number of carbonyl (C=O) groups is 1. The molecule has 1 aliphatic heterocycles. The number of aliphatic hydroxyl groups is 1. The van der Waals surface area contributed by atoms with Crippen LogP contribution in [0.15, 0.2) is 6.33 Å². The van der Waals surface area contributed by atoms with Crippen molar-refractivity contribution in [3.05, 3.63) is 11.6 Å². The van der Waals surface area contributed by atoms with Crippen molar-refractivity contribution in [3.8, 4) is 0 Å². The van der Waals surface area contributed by atoms with Gasteiger partial charge in [-0.1, -0.05) is 0 Å². The summed E-state index contributed by atoms with van der Waals surface area (Å²) in [4.78, 5) is 42.0. The van der Waals surface area contributed by atoms with Gasteiger partial charge in [-0.2, -0.15) is 9.97 Å². The van der Waals surface area contributed by atoms with Gasteiger partial charge in [-0.3, -0.25) is 9.13 Å². The molecule has 5 N–H and O–H groups in total. The van der Waals surface area contributed by atoms with Crippen LogP contribution in [0, 0.1) is 0 Å². The van der Waals surface area contributed by atoms with Crippen molar-refractivity contribution in [2.45, 2.75) is 37.4 Å². The normalized spacial score (nSPS) is 25.5. The highest BCUT2D eigenvalue weighted by Crippen LogP contribution is 2.43. The van der Waals surface area contributed by atoms with Gasteiger partial charge in [0, 0.05) is 0 Å². The lowest BCUT2D eigenvalue weighted by Crippen LogP contribution is -2.35. The van der Waals surface area contributed by atoms with Gasteiger partial charge in [0.2, 0.25) is 5.28 Å². The average molecular weight is 470 g/mol. The molecule has 0 saturated carbocycles. The number of aromatic nitrogens is 4. The molecule has 3 rings (SSSR count). The molecule has 1 saturated heterocycles. The maximum absolute atomic E-state index is 14.7. The van der Waals surface area contributed by atoms with Crippen LogP contribution >= 0.6 is 19.2 Å². The highest BCUT2D eigenvalue weighted by Gasteiger charge is 2.47. The van der Waals surface area contributed by atoms with Crippen molar-refractivity contribution in [2.75, 3.05) is 18.9 Å². The number of nitrogens with zero attached hydrogens (tertiary/aromatic N) is 4. The molecule has 13 nitrogen and oxygen atoms in total. The van der Waals surface area contributed by atoms with Crippen LogP contribution in [0.5, 0.6) is 0 Å². The van der Waals surface area contributed by atoms with E-state index in [2.05, 4.69) is 19.7 Å². The molecule has 16 heteroatoms. The van der Waals surface area contributed by atoms with E-state index in [-0.39, 0.29) is 28.9 Å². The number of esters is 1. The number of fused-ring (bicyclic) bond motifs is 1. The Kier molecular flexibility index (Phi) is 6.57. The Morgan fingerprint density at radius 2 is 2.20 bits per heavy atom. The minimum atomic E-state index is -5.05. The number of alkyl halides is 1. The lowest BCUT2D eigenvalue weighted by Gasteiger charge is -2.20. The Hall–Kier alpha value is -1.93. The smallest absolute Gasteiger partial charge is 0.365 e. The lowest BCUT2D eigenvalue weighted by molar-refractivity contribution is -0.155. The summed E-state index contributed by atoms with van der Waals surface area (Å²) in [6.45, 7) is 0.586. The molecule has 2 aromatic heterocycles. The predicted octanol–water partition coefficient (Wildman–Crippen LogP) is -0.258. The Bertz CT molecular complexity index is 989. The number of nitrogen functional groups attached to an aromatic ring is 1. The molecule has 166 valence electrons. The molecule has 5 atom stereocenters. The summed E-state index contributed by atoms with van der Waals surface area (Å²) >= 11 is 5.77. The molecule has 0 aliphatic carbocycles. The average Bonchev–Trinajstić information content (AvgIpc) is 3.17. The van der Waals surface area contributed by atoms with Gasteiger partial charge >= 0.3 is 13.6 Å². The fourth-order valence-corrected chi connectivity index (χ4v) is 3.66. The van der Waals surface area contributed by atoms with Crippen LogP contribution < -0.4 is 5.73 Å². The number of imidazole rings is 1. The molecule has 30 heavy (non-hydrogen) atoms. The standard InChI is InChI=1S/C14H18ClFN5O8P/c1-2-27-12(23)13(30(24,25)26)28-3-5-8(22)6(16)11(29-5)21-4-18-7-9(17)19-14(15)20-10(7)21/h4-6,8,11,13,22H,2-3H2,1H3,(H2,17,19,20)(H2,24,25,26)/t5-,6+,8-,11-,13-/m1/s1. The number of rotatable bonds is 7. The summed E-state index contributed by atoms with van der Waals surface area (Å²) < 4.78 is 42.3. The fourth-order valence-electron chi connectivity index (χ4n) is 2.86. The summed E-state index contributed by atoms with van der Waals surface area (Å²) in [7, 11) is -5.05. The zero-order chi connectivity index (χ0) is 22.2. The van der Waals surface area contributed by atoms with Crippen molar-refractivity contribution in [2.24, 2.45) is 0 Å². The van der Waals surface area contributed by atoms with E-state index < -0.39 is 50.6 Å².